The highest BCUT2D eigenvalue weighted by molar-refractivity contribution is 5.96. The lowest BCUT2D eigenvalue weighted by Crippen LogP contribution is -2.45. The molecule has 11 heteroatoms. The van der Waals surface area contributed by atoms with Crippen molar-refractivity contribution < 1.29 is 18.3 Å². The molecule has 0 amide bonds. The van der Waals surface area contributed by atoms with Crippen LogP contribution in [0.4, 0.5) is 14.6 Å². The number of methoxy groups -OCH3 is 1. The molecule has 9 nitrogen and oxygen atoms in total. The van der Waals surface area contributed by atoms with E-state index < -0.39 is 11.6 Å². The number of halogens is 2. The van der Waals surface area contributed by atoms with Gasteiger partial charge in [-0.05, 0) is 32.0 Å². The molecular weight excluding hydrogens is 470 g/mol. The Balaban J connectivity index is 1.84. The van der Waals surface area contributed by atoms with Crippen molar-refractivity contribution in [3.63, 3.8) is 0 Å². The number of nitrogens with zero attached hydrogens (tertiary/aromatic N) is 5. The third-order valence-corrected chi connectivity index (χ3v) is 6.37. The van der Waals surface area contributed by atoms with Crippen LogP contribution >= 0.6 is 0 Å². The minimum absolute atomic E-state index is 0.00609. The summed E-state index contributed by atoms with van der Waals surface area (Å²) >= 11 is 0. The molecule has 3 heterocycles. The maximum Gasteiger partial charge on any atom is 0.278 e. The van der Waals surface area contributed by atoms with Crippen molar-refractivity contribution in [2.24, 2.45) is 0 Å². The fourth-order valence-corrected chi connectivity index (χ4v) is 4.58. The van der Waals surface area contributed by atoms with Gasteiger partial charge in [-0.3, -0.25) is 14.2 Å². The average molecular weight is 497 g/mol. The normalized spacial score (nSPS) is 15.5. The van der Waals surface area contributed by atoms with Crippen molar-refractivity contribution in [2.45, 2.75) is 32.0 Å². The minimum atomic E-state index is -1.90. The van der Waals surface area contributed by atoms with E-state index in [1.165, 1.54) is 18.0 Å². The topological polar surface area (TPSA) is 105 Å². The van der Waals surface area contributed by atoms with Gasteiger partial charge in [-0.25, -0.2) is 4.98 Å². The van der Waals surface area contributed by atoms with Crippen molar-refractivity contribution in [3.8, 4) is 11.8 Å². The van der Waals surface area contributed by atoms with Crippen LogP contribution < -0.4 is 20.5 Å². The Morgan fingerprint density at radius 3 is 2.89 bits per heavy atom. The third-order valence-electron chi connectivity index (χ3n) is 6.37. The second-order valence-electron chi connectivity index (χ2n) is 8.52. The summed E-state index contributed by atoms with van der Waals surface area (Å²) in [5, 5.41) is 13.2. The summed E-state index contributed by atoms with van der Waals surface area (Å²) in [6, 6.07) is 8.81. The molecule has 2 aromatic heterocycles. The van der Waals surface area contributed by atoms with Crippen LogP contribution in [0.3, 0.4) is 0 Å². The SMILES string of the molecule is CN[C@H]1CCCN(c2c(C#N)c3ncn(CC(=O)c4cccc(OC)c4)c(=O)c3n2CC=C(F)F)C1. The highest BCUT2D eigenvalue weighted by atomic mass is 19.3. The van der Waals surface area contributed by atoms with Crippen molar-refractivity contribution in [2.75, 3.05) is 32.1 Å². The van der Waals surface area contributed by atoms with E-state index in [-0.39, 0.29) is 41.5 Å². The Hall–Kier alpha value is -4.04. The number of nitrogens with one attached hydrogen (secondary N) is 1. The summed E-state index contributed by atoms with van der Waals surface area (Å²) in [6.45, 7) is 0.525. The zero-order chi connectivity index (χ0) is 25.8. The number of fused-ring (bicyclic) bond motifs is 1. The number of likely N-dealkylation sites (N-methyl/N-ethyl adjacent to an activating group) is 1. The van der Waals surface area contributed by atoms with Crippen LogP contribution in [-0.2, 0) is 13.1 Å². The van der Waals surface area contributed by atoms with Crippen LogP contribution in [0.25, 0.3) is 11.0 Å². The Morgan fingerprint density at radius 1 is 1.39 bits per heavy atom. The number of ether oxygens (including phenoxy) is 1. The second kappa shape index (κ2) is 10.7. The number of carbonyl (C=O) groups excluding carboxylic acids is 1. The number of piperidine rings is 1. The monoisotopic (exact) mass is 496 g/mol. The van der Waals surface area contributed by atoms with Gasteiger partial charge in [-0.15, -0.1) is 0 Å². The third kappa shape index (κ3) is 4.85. The van der Waals surface area contributed by atoms with Gasteiger partial charge in [0.2, 0.25) is 0 Å². The molecule has 0 radical (unpaired) electrons. The summed E-state index contributed by atoms with van der Waals surface area (Å²) in [7, 11) is 3.33. The van der Waals surface area contributed by atoms with E-state index in [1.54, 1.807) is 24.3 Å². The Morgan fingerprint density at radius 2 is 2.19 bits per heavy atom. The van der Waals surface area contributed by atoms with Gasteiger partial charge < -0.3 is 19.5 Å². The van der Waals surface area contributed by atoms with E-state index in [0.717, 1.165) is 17.4 Å². The Bertz CT molecular complexity index is 1420. The quantitative estimate of drug-likeness (QED) is 0.478. The number of nitriles is 1. The molecule has 1 N–H and O–H groups in total. The van der Waals surface area contributed by atoms with Crippen molar-refractivity contribution in [1.29, 1.82) is 5.26 Å². The number of Topliss-reactive ketones (excluding diaryl/α,β-unsaturated/α-hetero) is 1. The summed E-state index contributed by atoms with van der Waals surface area (Å²) in [5.74, 6) is 0.533. The van der Waals surface area contributed by atoms with Crippen molar-refractivity contribution in [3.05, 3.63) is 64.2 Å². The fraction of sp³-hybridized carbons (Fsp3) is 0.360. The first kappa shape index (κ1) is 25.1. The molecular formula is C25H26F2N6O3. The van der Waals surface area contributed by atoms with Gasteiger partial charge in [0.15, 0.2) is 5.78 Å². The standard InChI is InChI=1S/C25H26F2N6O3/c1-29-17-6-4-9-31(13-17)24-19(12-28)22-23(33(24)10-8-21(26)27)25(35)32(15-30-22)14-20(34)16-5-3-7-18(11-16)36-2/h3,5,7-8,11,15,17,29H,4,6,9-10,13-14H2,1-2H3/t17-/m0/s1. The first-order valence-corrected chi connectivity index (χ1v) is 11.5. The maximum absolute atomic E-state index is 13.5. The molecule has 3 aromatic rings. The Kier molecular flexibility index (Phi) is 7.45. The zero-order valence-corrected chi connectivity index (χ0v) is 20.0. The molecule has 4 rings (SSSR count). The molecule has 1 saturated heterocycles. The van der Waals surface area contributed by atoms with Gasteiger partial charge in [0.05, 0.1) is 20.0 Å². The van der Waals surface area contributed by atoms with Gasteiger partial charge in [0.25, 0.3) is 11.6 Å². The van der Waals surface area contributed by atoms with Crippen LogP contribution in [0.5, 0.6) is 5.75 Å². The molecule has 0 aliphatic carbocycles. The van der Waals surface area contributed by atoms with E-state index in [0.29, 0.717) is 36.3 Å². The summed E-state index contributed by atoms with van der Waals surface area (Å²) in [5.41, 5.74) is 0.0454. The van der Waals surface area contributed by atoms with E-state index in [9.17, 15) is 23.6 Å². The van der Waals surface area contributed by atoms with Gasteiger partial charge in [-0.1, -0.05) is 12.1 Å². The molecule has 0 saturated carbocycles. The van der Waals surface area contributed by atoms with Crippen molar-refractivity contribution >= 4 is 22.6 Å². The molecule has 0 unspecified atom stereocenters. The number of carbonyl (C=O) groups is 1. The number of ketones is 1. The number of benzene rings is 1. The molecule has 1 aromatic carbocycles. The van der Waals surface area contributed by atoms with Crippen molar-refractivity contribution in [1.82, 2.24) is 19.4 Å². The summed E-state index contributed by atoms with van der Waals surface area (Å²) in [4.78, 5) is 32.7. The van der Waals surface area contributed by atoms with Gasteiger partial charge in [0, 0.05) is 37.3 Å². The van der Waals surface area contributed by atoms with Crippen LogP contribution in [0.15, 0.2) is 47.5 Å². The molecule has 0 bridgehead atoms. The molecule has 1 atom stereocenters. The predicted molar refractivity (Wildman–Crippen MR) is 131 cm³/mol. The van der Waals surface area contributed by atoms with Gasteiger partial charge >= 0.3 is 0 Å². The van der Waals surface area contributed by atoms with E-state index in [2.05, 4.69) is 16.4 Å². The van der Waals surface area contributed by atoms with Crippen LogP contribution in [0.2, 0.25) is 0 Å². The molecule has 1 aliphatic rings. The van der Waals surface area contributed by atoms with Crippen LogP contribution in [0, 0.1) is 11.3 Å². The van der Waals surface area contributed by atoms with Gasteiger partial charge in [0.1, 0.15) is 34.2 Å². The van der Waals surface area contributed by atoms with E-state index in [4.69, 9.17) is 4.74 Å². The maximum atomic E-state index is 13.5. The molecule has 36 heavy (non-hydrogen) atoms. The average Bonchev–Trinajstić information content (AvgIpc) is 3.23. The number of rotatable bonds is 8. The molecule has 1 aliphatic heterocycles. The lowest BCUT2D eigenvalue weighted by Gasteiger charge is -2.34. The predicted octanol–water partition coefficient (Wildman–Crippen LogP) is 2.93. The molecule has 0 spiro atoms. The number of allylic oxidation sites excluding steroid dienone is 1. The zero-order valence-electron chi connectivity index (χ0n) is 20.0. The largest absolute Gasteiger partial charge is 0.497 e. The van der Waals surface area contributed by atoms with E-state index >= 15 is 0 Å². The van der Waals surface area contributed by atoms with Crippen LogP contribution in [0.1, 0.15) is 28.8 Å². The summed E-state index contributed by atoms with van der Waals surface area (Å²) in [6.07, 6.45) is 1.78. The molecule has 188 valence electrons. The lowest BCUT2D eigenvalue weighted by atomic mass is 10.1. The lowest BCUT2D eigenvalue weighted by molar-refractivity contribution is 0.0970. The number of aromatic nitrogens is 3. The first-order valence-electron chi connectivity index (χ1n) is 11.5. The van der Waals surface area contributed by atoms with Gasteiger partial charge in [-0.2, -0.15) is 14.0 Å². The Labute approximate surface area is 206 Å². The number of hydrogen-bond acceptors (Lipinski definition) is 7. The summed E-state index contributed by atoms with van der Waals surface area (Å²) < 4.78 is 33.9. The minimum Gasteiger partial charge on any atom is -0.497 e. The van der Waals surface area contributed by atoms with Crippen LogP contribution in [-0.4, -0.2) is 53.2 Å². The smallest absolute Gasteiger partial charge is 0.278 e. The second-order valence-corrected chi connectivity index (χ2v) is 8.52. The highest BCUT2D eigenvalue weighted by Crippen LogP contribution is 2.32. The highest BCUT2D eigenvalue weighted by Gasteiger charge is 2.29. The number of anilines is 1. The number of hydrogen-bond donors (Lipinski definition) is 1. The molecule has 1 fully saturated rings. The van der Waals surface area contributed by atoms with E-state index in [1.807, 2.05) is 11.9 Å². The first-order chi connectivity index (χ1) is 17.4. The fourth-order valence-electron chi connectivity index (χ4n) is 4.58.